The largest absolute Gasteiger partial charge is 0.490 e. The van der Waals surface area contributed by atoms with Gasteiger partial charge in [0.1, 0.15) is 5.60 Å². The van der Waals surface area contributed by atoms with Crippen LogP contribution in [0.3, 0.4) is 0 Å². The van der Waals surface area contributed by atoms with E-state index >= 15 is 0 Å². The smallest absolute Gasteiger partial charge is 0.475 e. The summed E-state index contributed by atoms with van der Waals surface area (Å²) in [6.07, 6.45) is 2.13. The van der Waals surface area contributed by atoms with Gasteiger partial charge in [-0.3, -0.25) is 9.78 Å². The Balaban J connectivity index is 0.000000396. The first-order valence-corrected chi connectivity index (χ1v) is 9.79. The Morgan fingerprint density at radius 1 is 1.40 bits per heavy atom. The van der Waals surface area contributed by atoms with E-state index in [0.717, 1.165) is 37.9 Å². The highest BCUT2D eigenvalue weighted by Gasteiger charge is 2.49. The summed E-state index contributed by atoms with van der Waals surface area (Å²) in [7, 11) is 0. The zero-order chi connectivity index (χ0) is 22.4. The lowest BCUT2D eigenvalue weighted by Gasteiger charge is -2.53. The molecule has 168 valence electrons. The Morgan fingerprint density at radius 3 is 2.63 bits per heavy atom. The van der Waals surface area contributed by atoms with Gasteiger partial charge in [0, 0.05) is 31.8 Å². The van der Waals surface area contributed by atoms with Crippen LogP contribution in [0.1, 0.15) is 43.7 Å². The molecule has 0 bridgehead atoms. The molecule has 1 N–H and O–H groups in total. The number of pyridine rings is 1. The Labute approximate surface area is 173 Å². The maximum atomic E-state index is 11.9. The number of halogens is 3. The minimum atomic E-state index is -5.08. The summed E-state index contributed by atoms with van der Waals surface area (Å²) in [5.74, 6) is -2.51. The van der Waals surface area contributed by atoms with E-state index in [1.165, 1.54) is 5.56 Å². The summed E-state index contributed by atoms with van der Waals surface area (Å²) >= 11 is 0. The zero-order valence-corrected chi connectivity index (χ0v) is 17.1. The molecule has 2 aliphatic rings. The molecule has 1 aromatic rings. The van der Waals surface area contributed by atoms with E-state index in [0.29, 0.717) is 19.6 Å². The number of hydrogen-bond acceptors (Lipinski definition) is 5. The topological polar surface area (TPSA) is 89.0 Å². The number of carboxylic acid groups (broad SMARTS) is 1. The SMILES string of the molecule is CCCC(=O)N1CC2(CC(OCc3cnccc3C)CCO2)C1.O=C(O)C(F)(F)F. The van der Waals surface area contributed by atoms with Crippen molar-refractivity contribution >= 4 is 11.9 Å². The molecule has 1 amide bonds. The first-order chi connectivity index (χ1) is 14.1. The lowest BCUT2D eigenvalue weighted by Crippen LogP contribution is -2.67. The maximum Gasteiger partial charge on any atom is 0.490 e. The highest BCUT2D eigenvalue weighted by Crippen LogP contribution is 2.36. The van der Waals surface area contributed by atoms with Crippen LogP contribution < -0.4 is 0 Å². The Bertz CT molecular complexity index is 735. The predicted octanol–water partition coefficient (Wildman–Crippen LogP) is 3.10. The van der Waals surface area contributed by atoms with Gasteiger partial charge in [-0.15, -0.1) is 0 Å². The number of aromatic nitrogens is 1. The zero-order valence-electron chi connectivity index (χ0n) is 17.1. The van der Waals surface area contributed by atoms with Crippen molar-refractivity contribution in [1.82, 2.24) is 9.88 Å². The second kappa shape index (κ2) is 10.2. The molecule has 2 saturated heterocycles. The van der Waals surface area contributed by atoms with Gasteiger partial charge < -0.3 is 19.5 Å². The van der Waals surface area contributed by atoms with E-state index in [-0.39, 0.29) is 17.6 Å². The van der Waals surface area contributed by atoms with Crippen molar-refractivity contribution in [2.75, 3.05) is 19.7 Å². The molecule has 2 aliphatic heterocycles. The van der Waals surface area contributed by atoms with Gasteiger partial charge in [-0.2, -0.15) is 13.2 Å². The lowest BCUT2D eigenvalue weighted by molar-refractivity contribution is -0.202. The monoisotopic (exact) mass is 432 g/mol. The molecule has 1 spiro atoms. The molecule has 0 radical (unpaired) electrons. The average Bonchev–Trinajstić information content (AvgIpc) is 2.65. The van der Waals surface area contributed by atoms with Crippen molar-refractivity contribution in [3.05, 3.63) is 29.6 Å². The number of rotatable bonds is 5. The molecular weight excluding hydrogens is 405 g/mol. The number of nitrogens with zero attached hydrogens (tertiary/aromatic N) is 2. The van der Waals surface area contributed by atoms with Gasteiger partial charge in [-0.05, 0) is 37.0 Å². The number of carboxylic acids is 1. The molecule has 0 saturated carbocycles. The first-order valence-electron chi connectivity index (χ1n) is 9.79. The first kappa shape index (κ1) is 24.1. The van der Waals surface area contributed by atoms with Gasteiger partial charge in [0.05, 0.1) is 25.8 Å². The van der Waals surface area contributed by atoms with Gasteiger partial charge in [0.2, 0.25) is 5.91 Å². The summed E-state index contributed by atoms with van der Waals surface area (Å²) in [5.41, 5.74) is 2.18. The van der Waals surface area contributed by atoms with Crippen molar-refractivity contribution in [3.63, 3.8) is 0 Å². The standard InChI is InChI=1S/C18H26N2O3.C2HF3O2/c1-3-4-17(21)20-12-18(13-20)9-16(6-8-23-18)22-11-15-10-19-7-5-14(15)2;3-2(4,5)1(6)7/h5,7,10,16H,3-4,6,8-9,11-13H2,1-2H3;(H,6,7). The maximum absolute atomic E-state index is 11.9. The Morgan fingerprint density at radius 2 is 2.07 bits per heavy atom. The number of carbonyl (C=O) groups excluding carboxylic acids is 1. The average molecular weight is 432 g/mol. The number of carbonyl (C=O) groups is 2. The van der Waals surface area contributed by atoms with Crippen molar-refractivity contribution in [1.29, 1.82) is 0 Å². The molecule has 2 fully saturated rings. The third-order valence-electron chi connectivity index (χ3n) is 5.09. The van der Waals surface area contributed by atoms with Gasteiger partial charge in [-0.1, -0.05) is 6.92 Å². The molecule has 3 rings (SSSR count). The highest BCUT2D eigenvalue weighted by atomic mass is 19.4. The molecule has 10 heteroatoms. The van der Waals surface area contributed by atoms with E-state index < -0.39 is 12.1 Å². The molecule has 1 atom stereocenters. The normalized spacial score (nSPS) is 20.2. The quantitative estimate of drug-likeness (QED) is 0.769. The minimum Gasteiger partial charge on any atom is -0.475 e. The molecule has 7 nitrogen and oxygen atoms in total. The summed E-state index contributed by atoms with van der Waals surface area (Å²) in [4.78, 5) is 26.9. The second-order valence-electron chi connectivity index (χ2n) is 7.56. The number of alkyl halides is 3. The van der Waals surface area contributed by atoms with Crippen molar-refractivity contribution in [2.45, 2.75) is 64.0 Å². The van der Waals surface area contributed by atoms with Gasteiger partial charge in [-0.25, -0.2) is 4.79 Å². The Hall–Kier alpha value is -2.20. The predicted molar refractivity (Wildman–Crippen MR) is 101 cm³/mol. The fourth-order valence-electron chi connectivity index (χ4n) is 3.40. The van der Waals surface area contributed by atoms with Gasteiger partial charge >= 0.3 is 12.1 Å². The van der Waals surface area contributed by atoms with Crippen LogP contribution >= 0.6 is 0 Å². The van der Waals surface area contributed by atoms with E-state index in [1.54, 1.807) is 6.20 Å². The summed E-state index contributed by atoms with van der Waals surface area (Å²) in [5, 5.41) is 7.12. The van der Waals surface area contributed by atoms with E-state index in [2.05, 4.69) is 11.9 Å². The summed E-state index contributed by atoms with van der Waals surface area (Å²) in [6, 6.07) is 2.01. The molecule has 3 heterocycles. The lowest BCUT2D eigenvalue weighted by atomic mass is 9.84. The highest BCUT2D eigenvalue weighted by molar-refractivity contribution is 5.77. The van der Waals surface area contributed by atoms with Crippen LogP contribution in [0.25, 0.3) is 0 Å². The molecule has 30 heavy (non-hydrogen) atoms. The number of hydrogen-bond donors (Lipinski definition) is 1. The van der Waals surface area contributed by atoms with E-state index in [1.807, 2.05) is 24.1 Å². The number of ether oxygens (including phenoxy) is 2. The molecular formula is C20H27F3N2O5. The van der Waals surface area contributed by atoms with Gasteiger partial charge in [0.15, 0.2) is 0 Å². The molecule has 0 aliphatic carbocycles. The van der Waals surface area contributed by atoms with Crippen molar-refractivity contribution in [2.24, 2.45) is 0 Å². The van der Waals surface area contributed by atoms with Crippen LogP contribution in [-0.4, -0.2) is 64.4 Å². The number of aryl methyl sites for hydroxylation is 1. The van der Waals surface area contributed by atoms with E-state index in [4.69, 9.17) is 19.4 Å². The number of aliphatic carboxylic acids is 1. The fourth-order valence-corrected chi connectivity index (χ4v) is 3.40. The van der Waals surface area contributed by atoms with Crippen molar-refractivity contribution < 1.29 is 37.3 Å². The van der Waals surface area contributed by atoms with Crippen LogP contribution in [0, 0.1) is 6.92 Å². The molecule has 1 aromatic heterocycles. The fraction of sp³-hybridized carbons (Fsp3) is 0.650. The Kier molecular flexibility index (Phi) is 8.19. The third-order valence-corrected chi connectivity index (χ3v) is 5.09. The van der Waals surface area contributed by atoms with Crippen molar-refractivity contribution in [3.8, 4) is 0 Å². The number of likely N-dealkylation sites (tertiary alicyclic amines) is 1. The van der Waals surface area contributed by atoms with Gasteiger partial charge in [0.25, 0.3) is 0 Å². The third kappa shape index (κ3) is 6.66. The van der Waals surface area contributed by atoms with Crippen LogP contribution in [0.15, 0.2) is 18.5 Å². The van der Waals surface area contributed by atoms with Crippen LogP contribution in [-0.2, 0) is 25.7 Å². The number of amides is 1. The van der Waals surface area contributed by atoms with E-state index in [9.17, 15) is 18.0 Å². The molecule has 0 aromatic carbocycles. The van der Waals surface area contributed by atoms with Crippen LogP contribution in [0.4, 0.5) is 13.2 Å². The van der Waals surface area contributed by atoms with Crippen LogP contribution in [0.2, 0.25) is 0 Å². The van der Waals surface area contributed by atoms with Crippen LogP contribution in [0.5, 0.6) is 0 Å². The second-order valence-corrected chi connectivity index (χ2v) is 7.56. The minimum absolute atomic E-state index is 0.170. The molecule has 1 unspecified atom stereocenters. The summed E-state index contributed by atoms with van der Waals surface area (Å²) in [6.45, 7) is 6.87. The summed E-state index contributed by atoms with van der Waals surface area (Å²) < 4.78 is 43.8.